The van der Waals surface area contributed by atoms with Gasteiger partial charge in [-0.05, 0) is 36.6 Å². The molecule has 3 rings (SSSR count). The van der Waals surface area contributed by atoms with E-state index in [-0.39, 0.29) is 18.4 Å². The molecule has 0 bridgehead atoms. The van der Waals surface area contributed by atoms with Gasteiger partial charge in [-0.25, -0.2) is 0 Å². The molecule has 2 aromatic rings. The molecule has 4 nitrogen and oxygen atoms in total. The summed E-state index contributed by atoms with van der Waals surface area (Å²) in [5.41, 5.74) is 4.34. The zero-order valence-corrected chi connectivity index (χ0v) is 14.4. The lowest BCUT2D eigenvalue weighted by Crippen LogP contribution is -2.32. The van der Waals surface area contributed by atoms with E-state index in [0.29, 0.717) is 11.3 Å². The van der Waals surface area contributed by atoms with Crippen molar-refractivity contribution in [2.75, 3.05) is 11.9 Å². The van der Waals surface area contributed by atoms with Crippen molar-refractivity contribution in [2.45, 2.75) is 13.8 Å². The van der Waals surface area contributed by atoms with Gasteiger partial charge in [0.15, 0.2) is 0 Å². The molecule has 0 aliphatic carbocycles. The van der Waals surface area contributed by atoms with Crippen molar-refractivity contribution < 1.29 is 9.59 Å². The van der Waals surface area contributed by atoms with Gasteiger partial charge in [0.25, 0.3) is 11.8 Å². The predicted molar refractivity (Wildman–Crippen MR) is 99.8 cm³/mol. The summed E-state index contributed by atoms with van der Waals surface area (Å²) in [5, 5.41) is 3.20. The second-order valence-corrected chi connectivity index (χ2v) is 6.07. The Bertz CT molecular complexity index is 882. The molecule has 0 saturated heterocycles. The summed E-state index contributed by atoms with van der Waals surface area (Å²) in [4.78, 5) is 26.9. The normalized spacial score (nSPS) is 14.2. The maximum absolute atomic E-state index is 12.8. The zero-order chi connectivity index (χ0) is 18.0. The number of imide groups is 1. The third kappa shape index (κ3) is 3.11. The lowest BCUT2D eigenvalue weighted by molar-refractivity contribution is -0.136. The van der Waals surface area contributed by atoms with Crippen LogP contribution in [0.25, 0.3) is 5.57 Å². The van der Waals surface area contributed by atoms with Gasteiger partial charge < -0.3 is 5.32 Å². The molecule has 2 aromatic carbocycles. The van der Waals surface area contributed by atoms with Crippen LogP contribution in [-0.2, 0) is 9.59 Å². The summed E-state index contributed by atoms with van der Waals surface area (Å²) in [7, 11) is 0. The van der Waals surface area contributed by atoms with Gasteiger partial charge in [0, 0.05) is 12.2 Å². The van der Waals surface area contributed by atoms with Crippen LogP contribution < -0.4 is 5.32 Å². The fourth-order valence-electron chi connectivity index (χ4n) is 2.86. The number of carbonyl (C=O) groups excluding carboxylic acids is 2. The minimum absolute atomic E-state index is 0.186. The number of anilines is 1. The summed E-state index contributed by atoms with van der Waals surface area (Å²) in [6.45, 7) is 7.78. The Hall–Kier alpha value is -3.14. The van der Waals surface area contributed by atoms with Crippen molar-refractivity contribution >= 4 is 23.1 Å². The van der Waals surface area contributed by atoms with Gasteiger partial charge in [-0.15, -0.1) is 6.58 Å². The van der Waals surface area contributed by atoms with Gasteiger partial charge >= 0.3 is 0 Å². The number of amides is 2. The van der Waals surface area contributed by atoms with Crippen LogP contribution in [0.5, 0.6) is 0 Å². The average molecular weight is 332 g/mol. The number of rotatable bonds is 5. The molecule has 2 amide bonds. The Kier molecular flexibility index (Phi) is 4.52. The number of nitrogens with zero attached hydrogens (tertiary/aromatic N) is 1. The SMILES string of the molecule is C=CCN1C(=O)C(Nc2cc(C)ccc2C)=C(c2ccccc2)C1=O. The summed E-state index contributed by atoms with van der Waals surface area (Å²) in [5.74, 6) is -0.631. The van der Waals surface area contributed by atoms with E-state index in [1.54, 1.807) is 6.08 Å². The molecule has 0 spiro atoms. The van der Waals surface area contributed by atoms with Crippen molar-refractivity contribution in [3.63, 3.8) is 0 Å². The quantitative estimate of drug-likeness (QED) is 0.671. The van der Waals surface area contributed by atoms with Crippen LogP contribution in [0.4, 0.5) is 5.69 Å². The van der Waals surface area contributed by atoms with Gasteiger partial charge in [0.1, 0.15) is 5.70 Å². The van der Waals surface area contributed by atoms with E-state index in [2.05, 4.69) is 11.9 Å². The van der Waals surface area contributed by atoms with Gasteiger partial charge in [0.05, 0.1) is 5.57 Å². The Morgan fingerprint density at radius 1 is 1.04 bits per heavy atom. The first kappa shape index (κ1) is 16.7. The van der Waals surface area contributed by atoms with E-state index < -0.39 is 0 Å². The monoisotopic (exact) mass is 332 g/mol. The largest absolute Gasteiger partial charge is 0.350 e. The van der Waals surface area contributed by atoms with Crippen LogP contribution in [-0.4, -0.2) is 23.3 Å². The van der Waals surface area contributed by atoms with Crippen LogP contribution in [0, 0.1) is 13.8 Å². The maximum Gasteiger partial charge on any atom is 0.278 e. The van der Waals surface area contributed by atoms with E-state index in [1.165, 1.54) is 4.90 Å². The van der Waals surface area contributed by atoms with Crippen molar-refractivity contribution in [2.24, 2.45) is 0 Å². The number of benzene rings is 2. The van der Waals surface area contributed by atoms with E-state index in [0.717, 1.165) is 22.4 Å². The molecule has 0 fully saturated rings. The molecule has 0 atom stereocenters. The highest BCUT2D eigenvalue weighted by molar-refractivity contribution is 6.36. The van der Waals surface area contributed by atoms with E-state index >= 15 is 0 Å². The van der Waals surface area contributed by atoms with E-state index in [1.807, 2.05) is 62.4 Å². The molecule has 126 valence electrons. The van der Waals surface area contributed by atoms with Crippen molar-refractivity contribution in [3.8, 4) is 0 Å². The summed E-state index contributed by atoms with van der Waals surface area (Å²) >= 11 is 0. The van der Waals surface area contributed by atoms with Crippen LogP contribution in [0.3, 0.4) is 0 Å². The van der Waals surface area contributed by atoms with Gasteiger partial charge in [0.2, 0.25) is 0 Å². The first-order chi connectivity index (χ1) is 12.0. The minimum atomic E-state index is -0.329. The second kappa shape index (κ2) is 6.77. The maximum atomic E-state index is 12.8. The summed E-state index contributed by atoms with van der Waals surface area (Å²) in [6.07, 6.45) is 1.55. The second-order valence-electron chi connectivity index (χ2n) is 6.07. The Morgan fingerprint density at radius 3 is 2.44 bits per heavy atom. The molecule has 1 heterocycles. The smallest absolute Gasteiger partial charge is 0.278 e. The van der Waals surface area contributed by atoms with E-state index in [4.69, 9.17) is 0 Å². The van der Waals surface area contributed by atoms with Crippen LogP contribution in [0.2, 0.25) is 0 Å². The van der Waals surface area contributed by atoms with Crippen molar-refractivity contribution in [1.29, 1.82) is 0 Å². The molecular formula is C21H20N2O2. The molecule has 1 N–H and O–H groups in total. The number of nitrogens with one attached hydrogen (secondary N) is 1. The standard InChI is InChI=1S/C21H20N2O2/c1-4-12-23-20(24)18(16-8-6-5-7-9-16)19(21(23)25)22-17-13-14(2)10-11-15(17)3/h4-11,13,22H,1,12H2,2-3H3. The van der Waals surface area contributed by atoms with Gasteiger partial charge in [-0.2, -0.15) is 0 Å². The van der Waals surface area contributed by atoms with Crippen LogP contribution in [0.1, 0.15) is 16.7 Å². The Morgan fingerprint density at radius 2 is 1.76 bits per heavy atom. The lowest BCUT2D eigenvalue weighted by Gasteiger charge is -2.13. The molecular weight excluding hydrogens is 312 g/mol. The topological polar surface area (TPSA) is 49.4 Å². The molecule has 0 saturated carbocycles. The average Bonchev–Trinajstić information content (AvgIpc) is 2.84. The molecule has 4 heteroatoms. The highest BCUT2D eigenvalue weighted by Crippen LogP contribution is 2.31. The summed E-state index contributed by atoms with van der Waals surface area (Å²) < 4.78 is 0. The molecule has 0 aromatic heterocycles. The summed E-state index contributed by atoms with van der Waals surface area (Å²) in [6, 6.07) is 15.2. The number of hydrogen-bond donors (Lipinski definition) is 1. The van der Waals surface area contributed by atoms with Crippen molar-refractivity contribution in [3.05, 3.63) is 83.6 Å². The van der Waals surface area contributed by atoms with Crippen LogP contribution in [0.15, 0.2) is 66.9 Å². The highest BCUT2D eigenvalue weighted by atomic mass is 16.2. The van der Waals surface area contributed by atoms with E-state index in [9.17, 15) is 9.59 Å². The lowest BCUT2D eigenvalue weighted by atomic mass is 10.0. The fraction of sp³-hybridized carbons (Fsp3) is 0.143. The van der Waals surface area contributed by atoms with Crippen LogP contribution >= 0.6 is 0 Å². The first-order valence-corrected chi connectivity index (χ1v) is 8.14. The molecule has 25 heavy (non-hydrogen) atoms. The Labute approximate surface area is 147 Å². The zero-order valence-electron chi connectivity index (χ0n) is 14.4. The third-order valence-electron chi connectivity index (χ3n) is 4.19. The predicted octanol–water partition coefficient (Wildman–Crippen LogP) is 3.68. The molecule has 0 radical (unpaired) electrons. The highest BCUT2D eigenvalue weighted by Gasteiger charge is 2.38. The molecule has 0 unspecified atom stereocenters. The number of aryl methyl sites for hydroxylation is 2. The third-order valence-corrected chi connectivity index (χ3v) is 4.19. The van der Waals surface area contributed by atoms with Gasteiger partial charge in [-0.1, -0.05) is 48.5 Å². The van der Waals surface area contributed by atoms with Crippen molar-refractivity contribution in [1.82, 2.24) is 4.90 Å². The number of carbonyl (C=O) groups is 2. The number of hydrogen-bond acceptors (Lipinski definition) is 3. The molecule has 1 aliphatic rings. The first-order valence-electron chi connectivity index (χ1n) is 8.14. The molecule has 1 aliphatic heterocycles. The Balaban J connectivity index is 2.11. The minimum Gasteiger partial charge on any atom is -0.350 e. The van der Waals surface area contributed by atoms with Gasteiger partial charge in [-0.3, -0.25) is 14.5 Å². The fourth-order valence-corrected chi connectivity index (χ4v) is 2.86.